The number of amides is 1. The molecule has 0 unspecified atom stereocenters. The number of Topliss-reactive ketones (excluding diaryl/α,β-unsaturated/α-hetero) is 1. The summed E-state index contributed by atoms with van der Waals surface area (Å²) in [6.07, 6.45) is 1.90. The Morgan fingerprint density at radius 3 is 2.46 bits per heavy atom. The Kier molecular flexibility index (Phi) is 9.09. The van der Waals surface area contributed by atoms with Crippen molar-refractivity contribution in [2.75, 3.05) is 0 Å². The summed E-state index contributed by atoms with van der Waals surface area (Å²) in [6.45, 7) is 5.16. The average molecular weight is 682 g/mol. The van der Waals surface area contributed by atoms with Crippen LogP contribution >= 0.6 is 23.2 Å². The van der Waals surface area contributed by atoms with Crippen LogP contribution in [0.2, 0.25) is 0 Å². The van der Waals surface area contributed by atoms with E-state index in [0.29, 0.717) is 24.8 Å². The second-order valence-electron chi connectivity index (χ2n) is 13.8. The van der Waals surface area contributed by atoms with Crippen molar-refractivity contribution in [3.63, 3.8) is 0 Å². The molecule has 3 fully saturated rings. The van der Waals surface area contributed by atoms with Gasteiger partial charge in [-0.2, -0.15) is 0 Å². The highest BCUT2D eigenvalue weighted by Crippen LogP contribution is 2.70. The van der Waals surface area contributed by atoms with Gasteiger partial charge >= 0.3 is 0 Å². The number of aliphatic hydroxyl groups excluding tert-OH is 2. The number of halogens is 3. The van der Waals surface area contributed by atoms with Gasteiger partial charge in [0, 0.05) is 35.3 Å². The van der Waals surface area contributed by atoms with Crippen molar-refractivity contribution >= 4 is 46.4 Å². The summed E-state index contributed by atoms with van der Waals surface area (Å²) >= 11 is 11.5. The van der Waals surface area contributed by atoms with Crippen LogP contribution in [-0.4, -0.2) is 66.0 Å². The van der Waals surface area contributed by atoms with E-state index in [1.807, 2.05) is 0 Å². The van der Waals surface area contributed by atoms with E-state index in [1.165, 1.54) is 36.4 Å². The predicted octanol–water partition coefficient (Wildman–Crippen LogP) is 4.61. The minimum absolute atomic E-state index is 0.150. The SMILES string of the molecule is C[C@@H]1C[C@H]2[C@@H]3CCC4=CC(=O)C=C[C@]4(C)[C@@]3(F)[C@@H](O)C[C@]2(C)[C@@]1(O)C(=O)CC[C@@H](NC(=O)C(Cl)Cl)[C@H](O)c1ccc([N+](=O)[O-])cc1. The molecule has 1 aromatic rings. The van der Waals surface area contributed by atoms with Crippen LogP contribution in [0.5, 0.6) is 0 Å². The maximum absolute atomic E-state index is 17.5. The molecule has 0 heterocycles. The molecule has 46 heavy (non-hydrogen) atoms. The van der Waals surface area contributed by atoms with Gasteiger partial charge in [0.1, 0.15) is 5.60 Å². The van der Waals surface area contributed by atoms with Crippen molar-refractivity contribution in [1.82, 2.24) is 5.32 Å². The van der Waals surface area contributed by atoms with Gasteiger partial charge < -0.3 is 20.6 Å². The van der Waals surface area contributed by atoms with Crippen molar-refractivity contribution in [3.8, 4) is 0 Å². The Bertz CT molecular complexity index is 1500. The number of aliphatic hydroxyl groups is 3. The Morgan fingerprint density at radius 2 is 1.85 bits per heavy atom. The molecule has 13 heteroatoms. The van der Waals surface area contributed by atoms with E-state index in [4.69, 9.17) is 23.2 Å². The number of ketones is 2. The smallest absolute Gasteiger partial charge is 0.269 e. The summed E-state index contributed by atoms with van der Waals surface area (Å²) in [5.74, 6) is -3.36. The molecule has 4 aliphatic rings. The third-order valence-electron chi connectivity index (χ3n) is 11.7. The first kappa shape index (κ1) is 34.6. The Balaban J connectivity index is 1.40. The molecule has 250 valence electrons. The first-order chi connectivity index (χ1) is 21.4. The van der Waals surface area contributed by atoms with Crippen molar-refractivity contribution < 1.29 is 39.0 Å². The molecular weight excluding hydrogens is 642 g/mol. The average Bonchev–Trinajstić information content (AvgIpc) is 3.21. The fourth-order valence-corrected chi connectivity index (χ4v) is 9.32. The lowest BCUT2D eigenvalue weighted by molar-refractivity contribution is -0.384. The minimum Gasteiger partial charge on any atom is -0.390 e. The summed E-state index contributed by atoms with van der Waals surface area (Å²) in [5.41, 5.74) is -5.80. The standard InChI is InChI=1S/C33H39Cl2FN2O8/c1-17-14-23-22-9-6-19-15-21(39)12-13-30(19,2)32(22,36)26(41)16-31(23,3)33(17,44)25(40)11-10-24(37-29(43)28(34)35)27(42)18-4-7-20(8-5-18)38(45)46/h4-5,7-8,12-13,15,17,22-24,26-28,41-42,44H,6,9-11,14,16H2,1-3H3,(H,37,43)/t17-,22+,23+,24-,26+,27-,30+,31+,32+,33+/m1/s1. The molecule has 0 saturated heterocycles. The molecule has 0 spiro atoms. The Morgan fingerprint density at radius 1 is 1.20 bits per heavy atom. The highest BCUT2D eigenvalue weighted by molar-refractivity contribution is 6.53. The van der Waals surface area contributed by atoms with Crippen molar-refractivity contribution in [3.05, 3.63) is 63.7 Å². The number of fused-ring (bicyclic) bond motifs is 5. The van der Waals surface area contributed by atoms with Gasteiger partial charge in [-0.15, -0.1) is 0 Å². The van der Waals surface area contributed by atoms with E-state index in [1.54, 1.807) is 26.8 Å². The fraction of sp³-hybridized carbons (Fsp3) is 0.606. The van der Waals surface area contributed by atoms with Crippen LogP contribution in [-0.2, 0) is 14.4 Å². The minimum atomic E-state index is -2.11. The number of nitrogens with zero attached hydrogens (tertiary/aromatic N) is 1. The molecule has 5 rings (SSSR count). The summed E-state index contributed by atoms with van der Waals surface area (Å²) in [4.78, 5) is 47.6. The summed E-state index contributed by atoms with van der Waals surface area (Å²) in [6, 6.07) is 3.94. The number of benzene rings is 1. The molecular formula is C33H39Cl2FN2O8. The molecule has 10 atom stereocenters. The Labute approximate surface area is 276 Å². The number of nitro groups is 1. The molecule has 0 bridgehead atoms. The van der Waals surface area contributed by atoms with E-state index in [2.05, 4.69) is 5.32 Å². The molecule has 10 nitrogen and oxygen atoms in total. The van der Waals surface area contributed by atoms with Crippen LogP contribution in [0.3, 0.4) is 0 Å². The monoisotopic (exact) mass is 680 g/mol. The molecule has 0 aliphatic heterocycles. The predicted molar refractivity (Wildman–Crippen MR) is 168 cm³/mol. The third-order valence-corrected chi connectivity index (χ3v) is 12.1. The van der Waals surface area contributed by atoms with E-state index < -0.39 is 79.6 Å². The summed E-state index contributed by atoms with van der Waals surface area (Å²) in [7, 11) is 0. The zero-order valence-corrected chi connectivity index (χ0v) is 27.3. The van der Waals surface area contributed by atoms with Gasteiger partial charge in [-0.25, -0.2) is 4.39 Å². The quantitative estimate of drug-likeness (QED) is 0.167. The number of hydrogen-bond donors (Lipinski definition) is 4. The fourth-order valence-electron chi connectivity index (χ4n) is 9.20. The number of allylic oxidation sites excluding steroid dienone is 4. The van der Waals surface area contributed by atoms with E-state index in [9.17, 15) is 39.8 Å². The topological polar surface area (TPSA) is 167 Å². The van der Waals surface area contributed by atoms with Gasteiger partial charge in [0.2, 0.25) is 0 Å². The van der Waals surface area contributed by atoms with Gasteiger partial charge in [0.05, 0.1) is 23.2 Å². The van der Waals surface area contributed by atoms with Crippen molar-refractivity contribution in [2.45, 2.75) is 93.7 Å². The number of hydrogen-bond acceptors (Lipinski definition) is 8. The first-order valence-electron chi connectivity index (χ1n) is 15.5. The molecule has 1 amide bonds. The van der Waals surface area contributed by atoms with Gasteiger partial charge in [-0.3, -0.25) is 24.5 Å². The highest BCUT2D eigenvalue weighted by atomic mass is 35.5. The maximum atomic E-state index is 17.5. The summed E-state index contributed by atoms with van der Waals surface area (Å²) < 4.78 is 17.5. The van der Waals surface area contributed by atoms with Gasteiger partial charge in [-0.1, -0.05) is 48.7 Å². The highest BCUT2D eigenvalue weighted by Gasteiger charge is 2.75. The number of non-ortho nitro benzene ring substituents is 1. The number of carbonyl (C=O) groups excluding carboxylic acids is 3. The van der Waals surface area contributed by atoms with Crippen LogP contribution in [0.1, 0.15) is 71.0 Å². The Hall–Kier alpha value is -2.70. The molecule has 0 aromatic heterocycles. The molecule has 1 aromatic carbocycles. The lowest BCUT2D eigenvalue weighted by Gasteiger charge is -2.62. The van der Waals surface area contributed by atoms with Crippen molar-refractivity contribution in [2.24, 2.45) is 28.6 Å². The van der Waals surface area contributed by atoms with Crippen LogP contribution in [0.25, 0.3) is 0 Å². The molecule has 0 radical (unpaired) electrons. The van der Waals surface area contributed by atoms with Crippen LogP contribution in [0.4, 0.5) is 10.1 Å². The zero-order chi connectivity index (χ0) is 34.0. The van der Waals surface area contributed by atoms with Gasteiger partial charge in [0.15, 0.2) is 22.1 Å². The van der Waals surface area contributed by atoms with E-state index >= 15 is 4.39 Å². The van der Waals surface area contributed by atoms with Gasteiger partial charge in [0.25, 0.3) is 11.6 Å². The lowest BCUT2D eigenvalue weighted by Crippen LogP contribution is -2.69. The molecule has 3 saturated carbocycles. The number of carbonyl (C=O) groups is 3. The maximum Gasteiger partial charge on any atom is 0.269 e. The molecule has 4 aliphatic carbocycles. The normalized spacial score (nSPS) is 37.9. The second kappa shape index (κ2) is 12.1. The number of alkyl halides is 3. The van der Waals surface area contributed by atoms with Crippen molar-refractivity contribution in [1.29, 1.82) is 0 Å². The number of rotatable bonds is 9. The number of nitrogens with one attached hydrogen (secondary N) is 1. The van der Waals surface area contributed by atoms with Crippen LogP contribution < -0.4 is 5.32 Å². The van der Waals surface area contributed by atoms with E-state index in [-0.39, 0.29) is 36.3 Å². The van der Waals surface area contributed by atoms with Gasteiger partial charge in [-0.05, 0) is 80.7 Å². The van der Waals surface area contributed by atoms with Crippen LogP contribution in [0.15, 0.2) is 48.1 Å². The van der Waals surface area contributed by atoms with E-state index in [0.717, 1.165) is 0 Å². The number of nitro benzene ring substituents is 1. The lowest BCUT2D eigenvalue weighted by atomic mass is 9.44. The molecule has 4 N–H and O–H groups in total. The first-order valence-corrected chi connectivity index (χ1v) is 16.4. The second-order valence-corrected chi connectivity index (χ2v) is 14.9. The zero-order valence-electron chi connectivity index (χ0n) is 25.8. The third kappa shape index (κ3) is 5.13. The largest absolute Gasteiger partial charge is 0.390 e. The summed E-state index contributed by atoms with van der Waals surface area (Å²) in [5, 5.41) is 48.6. The van der Waals surface area contributed by atoms with Crippen LogP contribution in [0, 0.1) is 38.7 Å².